The van der Waals surface area contributed by atoms with Crippen LogP contribution in [0.3, 0.4) is 0 Å². The maximum Gasteiger partial charge on any atom is 0.267 e. The first-order chi connectivity index (χ1) is 16.0. The van der Waals surface area contributed by atoms with E-state index in [1.165, 1.54) is 16.9 Å². The van der Waals surface area contributed by atoms with E-state index in [9.17, 15) is 4.79 Å². The third kappa shape index (κ3) is 4.21. The highest BCUT2D eigenvalue weighted by atomic mass is 35.5. The number of aryl methyl sites for hydroxylation is 1. The molecule has 0 aliphatic carbocycles. The van der Waals surface area contributed by atoms with Crippen LogP contribution < -0.4 is 11.1 Å². The molecular weight excluding hydrogens is 450 g/mol. The fourth-order valence-electron chi connectivity index (χ4n) is 3.76. The van der Waals surface area contributed by atoms with Gasteiger partial charge in [0.25, 0.3) is 5.91 Å². The quantitative estimate of drug-likeness (QED) is 0.287. The van der Waals surface area contributed by atoms with E-state index in [4.69, 9.17) is 22.3 Å². The third-order valence-electron chi connectivity index (χ3n) is 5.42. The van der Waals surface area contributed by atoms with Crippen molar-refractivity contribution in [1.29, 1.82) is 0 Å². The van der Waals surface area contributed by atoms with Crippen LogP contribution in [0.25, 0.3) is 32.6 Å². The van der Waals surface area contributed by atoms with E-state index >= 15 is 0 Å². The smallest absolute Gasteiger partial charge is 0.267 e. The summed E-state index contributed by atoms with van der Waals surface area (Å²) < 4.78 is 0. The molecule has 162 valence electrons. The molecule has 33 heavy (non-hydrogen) atoms. The van der Waals surface area contributed by atoms with Gasteiger partial charge >= 0.3 is 0 Å². The number of nitrogen functional groups attached to an aromatic ring is 1. The first kappa shape index (κ1) is 21.2. The number of hydrogen-bond donors (Lipinski definition) is 2. The molecule has 2 aromatic heterocycles. The van der Waals surface area contributed by atoms with Crippen LogP contribution in [0.15, 0.2) is 84.9 Å². The van der Waals surface area contributed by atoms with Crippen LogP contribution >= 0.6 is 22.9 Å². The molecule has 0 atom stereocenters. The van der Waals surface area contributed by atoms with Crippen LogP contribution in [0.5, 0.6) is 0 Å². The average molecular weight is 470 g/mol. The molecule has 0 aliphatic rings. The van der Waals surface area contributed by atoms with Gasteiger partial charge in [-0.15, -0.1) is 11.3 Å². The van der Waals surface area contributed by atoms with Crippen molar-refractivity contribution >= 4 is 50.4 Å². The van der Waals surface area contributed by atoms with E-state index in [2.05, 4.69) is 36.5 Å². The zero-order chi connectivity index (χ0) is 22.9. The zero-order valence-electron chi connectivity index (χ0n) is 17.8. The van der Waals surface area contributed by atoms with Gasteiger partial charge in [0, 0.05) is 21.7 Å². The second-order valence-corrected chi connectivity index (χ2v) is 9.21. The van der Waals surface area contributed by atoms with Gasteiger partial charge in [-0.05, 0) is 42.3 Å². The fraction of sp³-hybridized carbons (Fsp3) is 0.0370. The molecule has 0 saturated heterocycles. The number of amides is 1. The largest absolute Gasteiger partial charge is 0.397 e. The molecule has 6 heteroatoms. The number of rotatable bonds is 4. The van der Waals surface area contributed by atoms with E-state index in [0.717, 1.165) is 32.6 Å². The minimum atomic E-state index is -0.283. The second-order valence-electron chi connectivity index (χ2n) is 7.78. The molecule has 1 amide bonds. The predicted molar refractivity (Wildman–Crippen MR) is 139 cm³/mol. The summed E-state index contributed by atoms with van der Waals surface area (Å²) in [5.74, 6) is -0.283. The lowest BCUT2D eigenvalue weighted by atomic mass is 9.99. The molecule has 0 bridgehead atoms. The molecule has 0 fully saturated rings. The zero-order valence-corrected chi connectivity index (χ0v) is 19.4. The van der Waals surface area contributed by atoms with Gasteiger partial charge in [-0.1, -0.05) is 77.8 Å². The number of benzene rings is 3. The van der Waals surface area contributed by atoms with Crippen LogP contribution in [0, 0.1) is 6.92 Å². The van der Waals surface area contributed by atoms with Crippen molar-refractivity contribution in [3.05, 3.63) is 100 Å². The number of hydrogen-bond acceptors (Lipinski definition) is 4. The van der Waals surface area contributed by atoms with Gasteiger partial charge in [0.1, 0.15) is 9.71 Å². The lowest BCUT2D eigenvalue weighted by molar-refractivity contribution is 0.103. The topological polar surface area (TPSA) is 68.0 Å². The molecule has 0 unspecified atom stereocenters. The highest BCUT2D eigenvalue weighted by Gasteiger charge is 2.22. The van der Waals surface area contributed by atoms with E-state index in [-0.39, 0.29) is 5.91 Å². The van der Waals surface area contributed by atoms with Crippen LogP contribution in [-0.4, -0.2) is 10.9 Å². The number of halogens is 1. The number of nitrogens with two attached hydrogens (primary N) is 1. The SMILES string of the molecule is Cc1ccc(-c2cc(-c3ccccc3)nc3sc(C(=O)Nc4cccc(Cl)c4)c(N)c23)cc1. The Bertz CT molecular complexity index is 1480. The number of fused-ring (bicyclic) bond motifs is 1. The molecule has 0 aliphatic heterocycles. The number of nitrogens with one attached hydrogen (secondary N) is 1. The first-order valence-corrected chi connectivity index (χ1v) is 11.6. The Labute approximate surface area is 200 Å². The van der Waals surface area contributed by atoms with Crippen LogP contribution in [-0.2, 0) is 0 Å². The number of carbonyl (C=O) groups is 1. The molecule has 0 saturated carbocycles. The molecule has 0 radical (unpaired) electrons. The molecule has 0 spiro atoms. The van der Waals surface area contributed by atoms with Gasteiger partial charge in [0.15, 0.2) is 0 Å². The number of carbonyl (C=O) groups excluding carboxylic acids is 1. The molecule has 3 N–H and O–H groups in total. The second kappa shape index (κ2) is 8.70. The van der Waals surface area contributed by atoms with Gasteiger partial charge in [0.2, 0.25) is 0 Å². The minimum absolute atomic E-state index is 0.283. The van der Waals surface area contributed by atoms with Gasteiger partial charge < -0.3 is 11.1 Å². The predicted octanol–water partition coefficient (Wildman–Crippen LogP) is 7.43. The maximum absolute atomic E-state index is 13.1. The molecular formula is C27H20ClN3OS. The first-order valence-electron chi connectivity index (χ1n) is 10.4. The number of thiophene rings is 1. The lowest BCUT2D eigenvalue weighted by Crippen LogP contribution is -2.11. The molecule has 4 nitrogen and oxygen atoms in total. The Balaban J connectivity index is 1.67. The maximum atomic E-state index is 13.1. The van der Waals surface area contributed by atoms with Crippen molar-refractivity contribution in [2.45, 2.75) is 6.92 Å². The third-order valence-corrected chi connectivity index (χ3v) is 6.75. The molecule has 5 rings (SSSR count). The standard InChI is InChI=1S/C27H20ClN3OS/c1-16-10-12-17(13-11-16)21-15-22(18-6-3-2-4-7-18)31-27-23(21)24(29)25(33-27)26(32)30-20-9-5-8-19(28)14-20/h2-15H,29H2,1H3,(H,30,32). The summed E-state index contributed by atoms with van der Waals surface area (Å²) in [5, 5.41) is 4.23. The van der Waals surface area contributed by atoms with Crippen LogP contribution in [0.2, 0.25) is 5.02 Å². The summed E-state index contributed by atoms with van der Waals surface area (Å²) in [5.41, 5.74) is 12.6. The summed E-state index contributed by atoms with van der Waals surface area (Å²) in [6.45, 7) is 2.05. The number of aromatic nitrogens is 1. The van der Waals surface area contributed by atoms with Crippen molar-refractivity contribution in [1.82, 2.24) is 4.98 Å². The summed E-state index contributed by atoms with van der Waals surface area (Å²) >= 11 is 7.36. The van der Waals surface area contributed by atoms with E-state index < -0.39 is 0 Å². The van der Waals surface area contributed by atoms with Gasteiger partial charge in [-0.3, -0.25) is 4.79 Å². The van der Waals surface area contributed by atoms with Crippen molar-refractivity contribution in [2.24, 2.45) is 0 Å². The highest BCUT2D eigenvalue weighted by Crippen LogP contribution is 2.41. The van der Waals surface area contributed by atoms with Gasteiger partial charge in [-0.25, -0.2) is 4.98 Å². The lowest BCUT2D eigenvalue weighted by Gasteiger charge is -2.09. The number of pyridine rings is 1. The van der Waals surface area contributed by atoms with Gasteiger partial charge in [0.05, 0.1) is 11.4 Å². The van der Waals surface area contributed by atoms with Gasteiger partial charge in [-0.2, -0.15) is 0 Å². The van der Waals surface area contributed by atoms with Crippen molar-refractivity contribution < 1.29 is 4.79 Å². The highest BCUT2D eigenvalue weighted by molar-refractivity contribution is 7.21. The average Bonchev–Trinajstić information content (AvgIpc) is 3.16. The van der Waals surface area contributed by atoms with Crippen molar-refractivity contribution in [3.8, 4) is 22.4 Å². The number of nitrogens with zero attached hydrogens (tertiary/aromatic N) is 1. The normalized spacial score (nSPS) is 11.0. The Morgan fingerprint density at radius 2 is 1.70 bits per heavy atom. The van der Waals surface area contributed by atoms with Crippen LogP contribution in [0.4, 0.5) is 11.4 Å². The van der Waals surface area contributed by atoms with E-state index in [1.807, 2.05) is 36.4 Å². The summed E-state index contributed by atoms with van der Waals surface area (Å²) in [6.07, 6.45) is 0. The molecule has 3 aromatic carbocycles. The molecule has 5 aromatic rings. The fourth-order valence-corrected chi connectivity index (χ4v) is 4.97. The Kier molecular flexibility index (Phi) is 5.58. The summed E-state index contributed by atoms with van der Waals surface area (Å²) in [4.78, 5) is 19.1. The number of anilines is 2. The van der Waals surface area contributed by atoms with Crippen molar-refractivity contribution in [3.63, 3.8) is 0 Å². The van der Waals surface area contributed by atoms with Crippen LogP contribution in [0.1, 0.15) is 15.2 Å². The Morgan fingerprint density at radius 1 is 0.939 bits per heavy atom. The van der Waals surface area contributed by atoms with Crippen molar-refractivity contribution in [2.75, 3.05) is 11.1 Å². The summed E-state index contributed by atoms with van der Waals surface area (Å²) in [6, 6.07) is 27.4. The minimum Gasteiger partial charge on any atom is -0.397 e. The summed E-state index contributed by atoms with van der Waals surface area (Å²) in [7, 11) is 0. The van der Waals surface area contributed by atoms with E-state index in [1.54, 1.807) is 24.3 Å². The monoisotopic (exact) mass is 469 g/mol. The Hall–Kier alpha value is -3.67. The Morgan fingerprint density at radius 3 is 2.42 bits per heavy atom. The molecule has 2 heterocycles. The van der Waals surface area contributed by atoms with E-state index in [0.29, 0.717) is 21.3 Å².